The minimum Gasteiger partial charge on any atom is -0.375 e. The Morgan fingerprint density at radius 1 is 1.56 bits per heavy atom. The first-order valence-corrected chi connectivity index (χ1v) is 5.41. The van der Waals surface area contributed by atoms with Gasteiger partial charge in [0.2, 0.25) is 5.89 Å². The fourth-order valence-corrected chi connectivity index (χ4v) is 1.59. The van der Waals surface area contributed by atoms with E-state index >= 15 is 0 Å². The number of rotatable bonds is 4. The number of nitrogens with one attached hydrogen (secondary N) is 1. The van der Waals surface area contributed by atoms with Crippen LogP contribution in [0.5, 0.6) is 0 Å². The van der Waals surface area contributed by atoms with Crippen LogP contribution < -0.4 is 5.32 Å². The highest BCUT2D eigenvalue weighted by molar-refractivity contribution is 6.33. The van der Waals surface area contributed by atoms with Gasteiger partial charge in [-0.05, 0) is 13.0 Å². The maximum Gasteiger partial charge on any atom is 0.271 e. The predicted molar refractivity (Wildman–Crippen MR) is 64.5 cm³/mol. The quantitative estimate of drug-likeness (QED) is 0.676. The lowest BCUT2D eigenvalue weighted by Crippen LogP contribution is -2.00. The Balaban J connectivity index is 2.08. The molecule has 0 fully saturated rings. The fourth-order valence-electron chi connectivity index (χ4n) is 1.34. The van der Waals surface area contributed by atoms with Gasteiger partial charge in [-0.2, -0.15) is 4.98 Å². The predicted octanol–water partition coefficient (Wildman–Crippen LogP) is 2.55. The summed E-state index contributed by atoms with van der Waals surface area (Å²) in [5.41, 5.74) is 0.511. The molecule has 18 heavy (non-hydrogen) atoms. The van der Waals surface area contributed by atoms with E-state index in [-0.39, 0.29) is 10.7 Å². The zero-order chi connectivity index (χ0) is 13.1. The zero-order valence-corrected chi connectivity index (χ0v) is 10.1. The van der Waals surface area contributed by atoms with E-state index in [9.17, 15) is 10.1 Å². The highest BCUT2D eigenvalue weighted by atomic mass is 35.5. The summed E-state index contributed by atoms with van der Waals surface area (Å²) in [6, 6.07) is 4.18. The van der Waals surface area contributed by atoms with Crippen molar-refractivity contribution >= 4 is 23.0 Å². The van der Waals surface area contributed by atoms with Crippen LogP contribution in [0.1, 0.15) is 11.7 Å². The molecule has 2 aromatic rings. The van der Waals surface area contributed by atoms with Crippen LogP contribution in [0.2, 0.25) is 5.02 Å². The average molecular weight is 269 g/mol. The molecule has 0 unspecified atom stereocenters. The molecule has 0 bridgehead atoms. The van der Waals surface area contributed by atoms with Crippen molar-refractivity contribution in [1.82, 2.24) is 10.1 Å². The summed E-state index contributed by atoms with van der Waals surface area (Å²) < 4.78 is 4.91. The number of nitrogens with zero attached hydrogens (tertiary/aromatic N) is 3. The Hall–Kier alpha value is -2.15. The number of aromatic nitrogens is 2. The maximum absolute atomic E-state index is 10.5. The van der Waals surface area contributed by atoms with Gasteiger partial charge < -0.3 is 9.84 Å². The van der Waals surface area contributed by atoms with E-state index in [4.69, 9.17) is 16.1 Å². The first-order chi connectivity index (χ1) is 8.56. The van der Waals surface area contributed by atoms with Crippen LogP contribution >= 0.6 is 11.6 Å². The van der Waals surface area contributed by atoms with E-state index < -0.39 is 4.92 Å². The van der Waals surface area contributed by atoms with Crippen LogP contribution in [0.25, 0.3) is 0 Å². The molecule has 0 saturated heterocycles. The molecule has 0 aliphatic rings. The van der Waals surface area contributed by atoms with Crippen LogP contribution in [-0.4, -0.2) is 15.1 Å². The number of nitro benzene ring substituents is 1. The number of benzene rings is 1. The van der Waals surface area contributed by atoms with Crippen LogP contribution in [-0.2, 0) is 6.54 Å². The lowest BCUT2D eigenvalue weighted by atomic mass is 10.3. The van der Waals surface area contributed by atoms with Gasteiger partial charge >= 0.3 is 0 Å². The summed E-state index contributed by atoms with van der Waals surface area (Å²) in [5.74, 6) is 0.962. The molecule has 0 aliphatic heterocycles. The molecular formula is C10H9ClN4O3. The lowest BCUT2D eigenvalue weighted by molar-refractivity contribution is -0.384. The van der Waals surface area contributed by atoms with Crippen molar-refractivity contribution in [2.24, 2.45) is 0 Å². The number of anilines is 1. The number of non-ortho nitro benzene ring substituents is 1. The molecule has 0 atom stereocenters. The number of aryl methyl sites for hydroxylation is 1. The molecular weight excluding hydrogens is 260 g/mol. The van der Waals surface area contributed by atoms with Crippen molar-refractivity contribution < 1.29 is 9.45 Å². The van der Waals surface area contributed by atoms with E-state index in [0.717, 1.165) is 0 Å². The lowest BCUT2D eigenvalue weighted by Gasteiger charge is -2.05. The van der Waals surface area contributed by atoms with Gasteiger partial charge in [0.05, 0.1) is 22.2 Å². The minimum atomic E-state index is -0.503. The van der Waals surface area contributed by atoms with Crippen molar-refractivity contribution in [2.45, 2.75) is 13.5 Å². The third-order valence-corrected chi connectivity index (χ3v) is 2.48. The second kappa shape index (κ2) is 5.01. The summed E-state index contributed by atoms with van der Waals surface area (Å²) >= 11 is 5.91. The van der Waals surface area contributed by atoms with Gasteiger partial charge in [0, 0.05) is 12.1 Å². The Kier molecular flexibility index (Phi) is 3.42. The van der Waals surface area contributed by atoms with Crippen LogP contribution in [0.15, 0.2) is 22.7 Å². The molecule has 0 aliphatic carbocycles. The molecule has 1 aromatic carbocycles. The summed E-state index contributed by atoms with van der Waals surface area (Å²) in [4.78, 5) is 14.0. The first kappa shape index (κ1) is 12.3. The molecule has 2 rings (SSSR count). The normalized spacial score (nSPS) is 10.3. The van der Waals surface area contributed by atoms with E-state index in [1.807, 2.05) is 0 Å². The average Bonchev–Trinajstić information content (AvgIpc) is 2.73. The molecule has 1 aromatic heterocycles. The highest BCUT2D eigenvalue weighted by Gasteiger charge is 2.10. The zero-order valence-electron chi connectivity index (χ0n) is 9.38. The highest BCUT2D eigenvalue weighted by Crippen LogP contribution is 2.26. The van der Waals surface area contributed by atoms with Gasteiger partial charge in [0.15, 0.2) is 5.82 Å². The molecule has 0 radical (unpaired) electrons. The molecule has 8 heteroatoms. The van der Waals surface area contributed by atoms with Gasteiger partial charge in [-0.3, -0.25) is 10.1 Å². The molecule has 1 N–H and O–H groups in total. The minimum absolute atomic E-state index is 0.0563. The fraction of sp³-hybridized carbons (Fsp3) is 0.200. The monoisotopic (exact) mass is 268 g/mol. The molecule has 1 heterocycles. The van der Waals surface area contributed by atoms with Gasteiger partial charge in [-0.15, -0.1) is 0 Å². The maximum atomic E-state index is 10.5. The van der Waals surface area contributed by atoms with Gasteiger partial charge in [0.25, 0.3) is 5.69 Å². The van der Waals surface area contributed by atoms with Gasteiger partial charge in [0.1, 0.15) is 0 Å². The summed E-state index contributed by atoms with van der Waals surface area (Å²) in [6.45, 7) is 2.02. The van der Waals surface area contributed by atoms with Crippen LogP contribution in [0.4, 0.5) is 11.4 Å². The molecule has 0 amide bonds. The Bertz CT molecular complexity index is 584. The number of halogens is 1. The second-order valence-electron chi connectivity index (χ2n) is 3.51. The number of hydrogen-bond acceptors (Lipinski definition) is 6. The molecule has 7 nitrogen and oxygen atoms in total. The van der Waals surface area contributed by atoms with E-state index in [2.05, 4.69) is 15.5 Å². The topological polar surface area (TPSA) is 94.1 Å². The second-order valence-corrected chi connectivity index (χ2v) is 3.92. The van der Waals surface area contributed by atoms with Gasteiger partial charge in [-0.25, -0.2) is 0 Å². The van der Waals surface area contributed by atoms with Crippen molar-refractivity contribution in [1.29, 1.82) is 0 Å². The van der Waals surface area contributed by atoms with Gasteiger partial charge in [-0.1, -0.05) is 16.8 Å². The SMILES string of the molecule is Cc1noc(CNc2ccc([N+](=O)[O-])cc2Cl)n1. The van der Waals surface area contributed by atoms with Crippen molar-refractivity contribution in [2.75, 3.05) is 5.32 Å². The summed E-state index contributed by atoms with van der Waals surface area (Å²) in [5, 5.41) is 17.4. The van der Waals surface area contributed by atoms with Crippen LogP contribution in [0.3, 0.4) is 0 Å². The summed E-state index contributed by atoms with van der Waals surface area (Å²) in [7, 11) is 0. The standard InChI is InChI=1S/C10H9ClN4O3/c1-6-13-10(18-14-6)5-12-9-3-2-7(15(16)17)4-8(9)11/h2-4,12H,5H2,1H3. The first-order valence-electron chi connectivity index (χ1n) is 5.03. The van der Waals surface area contributed by atoms with Crippen molar-refractivity contribution in [3.05, 3.63) is 45.1 Å². The smallest absolute Gasteiger partial charge is 0.271 e. The third kappa shape index (κ3) is 2.75. The Labute approximate surface area is 107 Å². The van der Waals surface area contributed by atoms with Crippen molar-refractivity contribution in [3.8, 4) is 0 Å². The number of hydrogen-bond donors (Lipinski definition) is 1. The third-order valence-electron chi connectivity index (χ3n) is 2.16. The number of nitro groups is 1. The van der Waals surface area contributed by atoms with E-state index in [1.54, 1.807) is 6.92 Å². The van der Waals surface area contributed by atoms with Crippen LogP contribution in [0, 0.1) is 17.0 Å². The van der Waals surface area contributed by atoms with E-state index in [0.29, 0.717) is 23.9 Å². The Morgan fingerprint density at radius 3 is 2.89 bits per heavy atom. The largest absolute Gasteiger partial charge is 0.375 e. The Morgan fingerprint density at radius 2 is 2.33 bits per heavy atom. The molecule has 94 valence electrons. The summed E-state index contributed by atoms with van der Waals surface area (Å²) in [6.07, 6.45) is 0. The molecule has 0 saturated carbocycles. The van der Waals surface area contributed by atoms with E-state index in [1.165, 1.54) is 18.2 Å². The molecule has 0 spiro atoms. The van der Waals surface area contributed by atoms with Crippen molar-refractivity contribution in [3.63, 3.8) is 0 Å².